The summed E-state index contributed by atoms with van der Waals surface area (Å²) in [5.41, 5.74) is 2.43. The van der Waals surface area contributed by atoms with Gasteiger partial charge in [0.15, 0.2) is 9.84 Å². The van der Waals surface area contributed by atoms with Crippen molar-refractivity contribution in [1.29, 1.82) is 0 Å². The molecule has 1 saturated heterocycles. The van der Waals surface area contributed by atoms with Gasteiger partial charge in [0.2, 0.25) is 0 Å². The first kappa shape index (κ1) is 18.7. The second-order valence-electron chi connectivity index (χ2n) is 6.43. The number of rotatable bonds is 4. The Labute approximate surface area is 158 Å². The van der Waals surface area contributed by atoms with Crippen LogP contribution in [0.25, 0.3) is 0 Å². The molecule has 1 aromatic heterocycles. The maximum absolute atomic E-state index is 12.5. The summed E-state index contributed by atoms with van der Waals surface area (Å²) in [7, 11) is -1.14. The van der Waals surface area contributed by atoms with Crippen LogP contribution in [0.2, 0.25) is 5.02 Å². The normalized spacial score (nSPS) is 18.5. The lowest BCUT2D eigenvalue weighted by Gasteiger charge is -2.25. The topological polar surface area (TPSA) is 79.4 Å². The van der Waals surface area contributed by atoms with Gasteiger partial charge in [0.1, 0.15) is 5.69 Å². The smallest absolute Gasteiger partial charge is 0.274 e. The summed E-state index contributed by atoms with van der Waals surface area (Å²) in [5.74, 6) is -0.00606. The van der Waals surface area contributed by atoms with E-state index in [0.717, 1.165) is 11.3 Å². The molecule has 6 nitrogen and oxygen atoms in total. The number of aromatic nitrogens is 1. The van der Waals surface area contributed by atoms with E-state index in [-0.39, 0.29) is 29.1 Å². The molecule has 1 aliphatic heterocycles. The van der Waals surface area contributed by atoms with Gasteiger partial charge in [-0.3, -0.25) is 9.78 Å². The Hall–Kier alpha value is -2.12. The molecule has 1 atom stereocenters. The van der Waals surface area contributed by atoms with Crippen molar-refractivity contribution >= 4 is 38.7 Å². The molecular formula is C18H20ClN3O3S. The summed E-state index contributed by atoms with van der Waals surface area (Å²) in [6.07, 6.45) is 2.14. The molecule has 3 rings (SSSR count). The molecule has 1 fully saturated rings. The van der Waals surface area contributed by atoms with Crippen molar-refractivity contribution in [2.45, 2.75) is 19.4 Å². The number of sulfone groups is 1. The molecule has 1 unspecified atom stereocenters. The Morgan fingerprint density at radius 1 is 1.35 bits per heavy atom. The summed E-state index contributed by atoms with van der Waals surface area (Å²) in [5, 5.41) is 3.39. The summed E-state index contributed by atoms with van der Waals surface area (Å²) in [6, 6.07) is 8.65. The summed E-state index contributed by atoms with van der Waals surface area (Å²) >= 11 is 6.08. The minimum Gasteiger partial charge on any atom is -0.370 e. The van der Waals surface area contributed by atoms with E-state index in [2.05, 4.69) is 10.3 Å². The third-order valence-corrected chi connectivity index (χ3v) is 6.82. The summed E-state index contributed by atoms with van der Waals surface area (Å²) in [6.45, 7) is 1.83. The number of hydrogen-bond acceptors (Lipinski definition) is 5. The summed E-state index contributed by atoms with van der Waals surface area (Å²) < 4.78 is 23.4. The Balaban J connectivity index is 1.78. The van der Waals surface area contributed by atoms with Crippen molar-refractivity contribution in [3.8, 4) is 0 Å². The quantitative estimate of drug-likeness (QED) is 0.863. The number of benzene rings is 1. The minimum atomic E-state index is -2.97. The van der Waals surface area contributed by atoms with Crippen LogP contribution in [-0.4, -0.2) is 43.9 Å². The average molecular weight is 394 g/mol. The van der Waals surface area contributed by atoms with Gasteiger partial charge in [-0.25, -0.2) is 8.42 Å². The highest BCUT2D eigenvalue weighted by molar-refractivity contribution is 7.91. The van der Waals surface area contributed by atoms with Crippen LogP contribution < -0.4 is 10.2 Å². The third kappa shape index (κ3) is 3.99. The maximum Gasteiger partial charge on any atom is 0.274 e. The molecule has 1 N–H and O–H groups in total. The number of nitrogens with one attached hydrogen (secondary N) is 1. The monoisotopic (exact) mass is 393 g/mol. The van der Waals surface area contributed by atoms with Crippen LogP contribution in [0.15, 0.2) is 36.5 Å². The van der Waals surface area contributed by atoms with E-state index in [1.807, 2.05) is 18.9 Å². The predicted octanol–water partition coefficient (Wildman–Crippen LogP) is 2.92. The van der Waals surface area contributed by atoms with Crippen molar-refractivity contribution in [2.75, 3.05) is 28.8 Å². The zero-order valence-corrected chi connectivity index (χ0v) is 16.1. The first-order valence-corrected chi connectivity index (χ1v) is 10.4. The predicted molar refractivity (Wildman–Crippen MR) is 104 cm³/mol. The van der Waals surface area contributed by atoms with Crippen LogP contribution in [-0.2, 0) is 9.84 Å². The van der Waals surface area contributed by atoms with Crippen molar-refractivity contribution in [3.63, 3.8) is 0 Å². The fourth-order valence-corrected chi connectivity index (χ4v) is 4.93. The third-order valence-electron chi connectivity index (χ3n) is 4.66. The van der Waals surface area contributed by atoms with Gasteiger partial charge in [0, 0.05) is 35.7 Å². The Morgan fingerprint density at radius 2 is 2.12 bits per heavy atom. The zero-order valence-electron chi connectivity index (χ0n) is 14.6. The Kier molecular flexibility index (Phi) is 5.20. The van der Waals surface area contributed by atoms with Crippen LogP contribution in [0.1, 0.15) is 22.5 Å². The number of halogens is 1. The van der Waals surface area contributed by atoms with Crippen LogP contribution in [0.4, 0.5) is 11.4 Å². The van der Waals surface area contributed by atoms with E-state index in [0.29, 0.717) is 17.1 Å². The number of carbonyl (C=O) groups excluding carboxylic acids is 1. The van der Waals surface area contributed by atoms with Gasteiger partial charge in [-0.2, -0.15) is 0 Å². The van der Waals surface area contributed by atoms with Gasteiger partial charge >= 0.3 is 0 Å². The second-order valence-corrected chi connectivity index (χ2v) is 9.07. The first-order chi connectivity index (χ1) is 12.3. The maximum atomic E-state index is 12.5. The van der Waals surface area contributed by atoms with Crippen LogP contribution in [0.5, 0.6) is 0 Å². The number of anilines is 2. The second kappa shape index (κ2) is 7.25. The largest absolute Gasteiger partial charge is 0.370 e. The van der Waals surface area contributed by atoms with Crippen LogP contribution in [0.3, 0.4) is 0 Å². The van der Waals surface area contributed by atoms with Gasteiger partial charge < -0.3 is 10.2 Å². The number of pyridine rings is 1. The molecule has 0 bridgehead atoms. The van der Waals surface area contributed by atoms with Crippen LogP contribution >= 0.6 is 11.6 Å². The molecule has 0 aliphatic carbocycles. The molecule has 2 heterocycles. The molecule has 8 heteroatoms. The average Bonchev–Trinajstić information content (AvgIpc) is 2.98. The Morgan fingerprint density at radius 3 is 2.81 bits per heavy atom. The van der Waals surface area contributed by atoms with Gasteiger partial charge in [-0.1, -0.05) is 17.7 Å². The number of carbonyl (C=O) groups is 1. The van der Waals surface area contributed by atoms with Crippen LogP contribution in [0, 0.1) is 6.92 Å². The number of amides is 1. The van der Waals surface area contributed by atoms with Gasteiger partial charge in [0.25, 0.3) is 5.91 Å². The zero-order chi connectivity index (χ0) is 18.9. The standard InChI is InChI=1S/C18H20ClN3O3S/c1-12-15(19)4-3-5-16(12)21-18(23)17-10-13(6-8-20-17)22(2)14-7-9-26(24,25)11-14/h3-6,8,10,14H,7,9,11H2,1-2H3,(H,21,23). The number of nitrogens with zero attached hydrogens (tertiary/aromatic N) is 2. The van der Waals surface area contributed by atoms with E-state index >= 15 is 0 Å². The Bertz CT molecular complexity index is 946. The van der Waals surface area contributed by atoms with E-state index < -0.39 is 9.84 Å². The van der Waals surface area contributed by atoms with Crippen molar-refractivity contribution in [2.24, 2.45) is 0 Å². The van der Waals surface area contributed by atoms with Gasteiger partial charge in [0.05, 0.1) is 11.5 Å². The van der Waals surface area contributed by atoms with Gasteiger partial charge in [-0.05, 0) is 43.2 Å². The molecular weight excluding hydrogens is 374 g/mol. The fraction of sp³-hybridized carbons (Fsp3) is 0.333. The molecule has 1 amide bonds. The summed E-state index contributed by atoms with van der Waals surface area (Å²) in [4.78, 5) is 18.6. The lowest BCUT2D eigenvalue weighted by molar-refractivity contribution is 0.102. The van der Waals surface area contributed by atoms with E-state index in [4.69, 9.17) is 11.6 Å². The highest BCUT2D eigenvalue weighted by Crippen LogP contribution is 2.25. The van der Waals surface area contributed by atoms with Gasteiger partial charge in [-0.15, -0.1) is 0 Å². The lowest BCUT2D eigenvalue weighted by Crippen LogP contribution is -2.32. The van der Waals surface area contributed by atoms with Crippen molar-refractivity contribution < 1.29 is 13.2 Å². The van der Waals surface area contributed by atoms with Crippen molar-refractivity contribution in [1.82, 2.24) is 4.98 Å². The molecule has 0 saturated carbocycles. The molecule has 1 aromatic carbocycles. The molecule has 26 heavy (non-hydrogen) atoms. The molecule has 0 spiro atoms. The number of hydrogen-bond donors (Lipinski definition) is 1. The highest BCUT2D eigenvalue weighted by Gasteiger charge is 2.31. The highest BCUT2D eigenvalue weighted by atomic mass is 35.5. The minimum absolute atomic E-state index is 0.0894. The van der Waals surface area contributed by atoms with E-state index in [9.17, 15) is 13.2 Å². The molecule has 138 valence electrons. The molecule has 1 aliphatic rings. The van der Waals surface area contributed by atoms with Crippen molar-refractivity contribution in [3.05, 3.63) is 52.8 Å². The lowest BCUT2D eigenvalue weighted by atomic mass is 10.2. The van der Waals surface area contributed by atoms with E-state index in [1.165, 1.54) is 0 Å². The fourth-order valence-electron chi connectivity index (χ4n) is 2.98. The molecule has 0 radical (unpaired) electrons. The van der Waals surface area contributed by atoms with E-state index in [1.54, 1.807) is 36.5 Å². The molecule has 2 aromatic rings. The first-order valence-electron chi connectivity index (χ1n) is 8.22. The SMILES string of the molecule is Cc1c(Cl)cccc1NC(=O)c1cc(N(C)C2CCS(=O)(=O)C2)ccn1.